The molecule has 0 heterocycles. The monoisotopic (exact) mass is 199 g/mol. The molecule has 0 aliphatic heterocycles. The lowest BCUT2D eigenvalue weighted by atomic mass is 9.82. The maximum atomic E-state index is 5.10. The van der Waals surface area contributed by atoms with Crippen LogP contribution in [0.5, 0.6) is 0 Å². The Morgan fingerprint density at radius 3 is 2.57 bits per heavy atom. The van der Waals surface area contributed by atoms with Gasteiger partial charge in [0, 0.05) is 19.8 Å². The molecule has 0 bridgehead atoms. The Kier molecular flexibility index (Phi) is 6.20. The van der Waals surface area contributed by atoms with Crippen LogP contribution in [-0.4, -0.2) is 26.8 Å². The van der Waals surface area contributed by atoms with Crippen molar-refractivity contribution in [2.24, 2.45) is 5.92 Å². The number of hydrogen-bond acceptors (Lipinski definition) is 2. The van der Waals surface area contributed by atoms with E-state index >= 15 is 0 Å². The van der Waals surface area contributed by atoms with Crippen LogP contribution in [0, 0.1) is 5.92 Å². The van der Waals surface area contributed by atoms with E-state index in [1.807, 2.05) is 0 Å². The second kappa shape index (κ2) is 7.24. The largest absolute Gasteiger partial charge is 0.385 e. The Balaban J connectivity index is 2.21. The van der Waals surface area contributed by atoms with Crippen molar-refractivity contribution in [1.29, 1.82) is 0 Å². The highest BCUT2D eigenvalue weighted by Gasteiger charge is 2.21. The van der Waals surface area contributed by atoms with Gasteiger partial charge in [0.05, 0.1) is 0 Å². The van der Waals surface area contributed by atoms with E-state index in [1.165, 1.54) is 44.9 Å². The molecular formula is C12H25NO. The van der Waals surface area contributed by atoms with Crippen molar-refractivity contribution in [3.05, 3.63) is 0 Å². The van der Waals surface area contributed by atoms with Crippen LogP contribution < -0.4 is 5.32 Å². The molecule has 14 heavy (non-hydrogen) atoms. The highest BCUT2D eigenvalue weighted by molar-refractivity contribution is 4.78. The van der Waals surface area contributed by atoms with E-state index in [-0.39, 0.29) is 0 Å². The third-order valence-corrected chi connectivity index (χ3v) is 3.45. The molecule has 84 valence electrons. The van der Waals surface area contributed by atoms with E-state index in [4.69, 9.17) is 4.74 Å². The van der Waals surface area contributed by atoms with Crippen LogP contribution in [0.15, 0.2) is 0 Å². The summed E-state index contributed by atoms with van der Waals surface area (Å²) in [5.41, 5.74) is 0. The van der Waals surface area contributed by atoms with Gasteiger partial charge in [-0.05, 0) is 38.6 Å². The van der Waals surface area contributed by atoms with E-state index in [1.54, 1.807) is 7.11 Å². The standard InChI is InChI=1S/C12H25NO/c1-13-12(9-6-10-14-2)11-7-4-3-5-8-11/h11-13H,3-10H2,1-2H3. The minimum Gasteiger partial charge on any atom is -0.385 e. The van der Waals surface area contributed by atoms with Gasteiger partial charge in [-0.1, -0.05) is 19.3 Å². The zero-order valence-electron chi connectivity index (χ0n) is 9.72. The first-order valence-electron chi connectivity index (χ1n) is 6.04. The normalized spacial score (nSPS) is 21.0. The fourth-order valence-corrected chi connectivity index (χ4v) is 2.60. The molecule has 1 N–H and O–H groups in total. The highest BCUT2D eigenvalue weighted by Crippen LogP contribution is 2.28. The van der Waals surface area contributed by atoms with Crippen LogP contribution in [-0.2, 0) is 4.74 Å². The van der Waals surface area contributed by atoms with Gasteiger partial charge in [0.2, 0.25) is 0 Å². The first-order valence-corrected chi connectivity index (χ1v) is 6.04. The van der Waals surface area contributed by atoms with Crippen LogP contribution in [0.25, 0.3) is 0 Å². The van der Waals surface area contributed by atoms with Crippen LogP contribution in [0.2, 0.25) is 0 Å². The maximum Gasteiger partial charge on any atom is 0.0462 e. The molecule has 1 saturated carbocycles. The molecule has 1 atom stereocenters. The number of hydrogen-bond donors (Lipinski definition) is 1. The fraction of sp³-hybridized carbons (Fsp3) is 1.00. The average molecular weight is 199 g/mol. The van der Waals surface area contributed by atoms with Crippen LogP contribution in [0.1, 0.15) is 44.9 Å². The van der Waals surface area contributed by atoms with Gasteiger partial charge in [0.1, 0.15) is 0 Å². The SMILES string of the molecule is CNC(CCCOC)C1CCCCC1. The van der Waals surface area contributed by atoms with Crippen LogP contribution in [0.3, 0.4) is 0 Å². The van der Waals surface area contributed by atoms with E-state index in [0.29, 0.717) is 0 Å². The van der Waals surface area contributed by atoms with Crippen molar-refractivity contribution in [3.63, 3.8) is 0 Å². The molecule has 1 fully saturated rings. The third-order valence-electron chi connectivity index (χ3n) is 3.45. The lowest BCUT2D eigenvalue weighted by molar-refractivity contribution is 0.179. The van der Waals surface area contributed by atoms with Gasteiger partial charge < -0.3 is 10.1 Å². The Labute approximate surface area is 88.4 Å². The number of rotatable bonds is 6. The summed E-state index contributed by atoms with van der Waals surface area (Å²) in [6.45, 7) is 0.908. The second-order valence-corrected chi connectivity index (χ2v) is 4.43. The minimum absolute atomic E-state index is 0.727. The van der Waals surface area contributed by atoms with Gasteiger partial charge >= 0.3 is 0 Å². The van der Waals surface area contributed by atoms with Crippen molar-refractivity contribution in [3.8, 4) is 0 Å². The highest BCUT2D eigenvalue weighted by atomic mass is 16.5. The Hall–Kier alpha value is -0.0800. The van der Waals surface area contributed by atoms with Crippen LogP contribution >= 0.6 is 0 Å². The van der Waals surface area contributed by atoms with Crippen molar-refractivity contribution in [1.82, 2.24) is 5.32 Å². The maximum absolute atomic E-state index is 5.10. The summed E-state index contributed by atoms with van der Waals surface area (Å²) in [6, 6.07) is 0.727. The summed E-state index contributed by atoms with van der Waals surface area (Å²) < 4.78 is 5.10. The van der Waals surface area contributed by atoms with E-state index in [2.05, 4.69) is 12.4 Å². The van der Waals surface area contributed by atoms with E-state index < -0.39 is 0 Å². The molecule has 2 heteroatoms. The molecule has 0 saturated heterocycles. The van der Waals surface area contributed by atoms with Crippen molar-refractivity contribution in [2.75, 3.05) is 20.8 Å². The first kappa shape index (κ1) is 12.0. The molecule has 0 spiro atoms. The Bertz CT molecular complexity index is 132. The Morgan fingerprint density at radius 1 is 1.29 bits per heavy atom. The number of methoxy groups -OCH3 is 1. The molecule has 0 aromatic rings. The topological polar surface area (TPSA) is 21.3 Å². The van der Waals surface area contributed by atoms with E-state index in [0.717, 1.165) is 18.6 Å². The van der Waals surface area contributed by atoms with Crippen LogP contribution in [0.4, 0.5) is 0 Å². The van der Waals surface area contributed by atoms with Crippen molar-refractivity contribution >= 4 is 0 Å². The zero-order chi connectivity index (χ0) is 10.2. The predicted molar refractivity (Wildman–Crippen MR) is 60.5 cm³/mol. The third kappa shape index (κ3) is 3.97. The molecule has 0 amide bonds. The average Bonchev–Trinajstić information content (AvgIpc) is 2.26. The molecule has 0 aromatic heterocycles. The van der Waals surface area contributed by atoms with Gasteiger partial charge in [-0.15, -0.1) is 0 Å². The quantitative estimate of drug-likeness (QED) is 0.664. The number of nitrogens with one attached hydrogen (secondary N) is 1. The second-order valence-electron chi connectivity index (χ2n) is 4.43. The van der Waals surface area contributed by atoms with Crippen molar-refractivity contribution in [2.45, 2.75) is 51.0 Å². The van der Waals surface area contributed by atoms with Gasteiger partial charge in [0.15, 0.2) is 0 Å². The van der Waals surface area contributed by atoms with Gasteiger partial charge in [0.25, 0.3) is 0 Å². The molecule has 0 radical (unpaired) electrons. The fourth-order valence-electron chi connectivity index (χ4n) is 2.60. The molecule has 1 unspecified atom stereocenters. The molecule has 2 nitrogen and oxygen atoms in total. The van der Waals surface area contributed by atoms with Gasteiger partial charge in [-0.3, -0.25) is 0 Å². The van der Waals surface area contributed by atoms with E-state index in [9.17, 15) is 0 Å². The number of ether oxygens (including phenoxy) is 1. The summed E-state index contributed by atoms with van der Waals surface area (Å²) in [6.07, 6.45) is 9.65. The predicted octanol–water partition coefficient (Wildman–Crippen LogP) is 2.58. The zero-order valence-corrected chi connectivity index (χ0v) is 9.72. The summed E-state index contributed by atoms with van der Waals surface area (Å²) in [4.78, 5) is 0. The summed E-state index contributed by atoms with van der Waals surface area (Å²) >= 11 is 0. The minimum atomic E-state index is 0.727. The smallest absolute Gasteiger partial charge is 0.0462 e. The lowest BCUT2D eigenvalue weighted by Crippen LogP contribution is -2.34. The Morgan fingerprint density at radius 2 is 2.00 bits per heavy atom. The van der Waals surface area contributed by atoms with Crippen molar-refractivity contribution < 1.29 is 4.74 Å². The summed E-state index contributed by atoms with van der Waals surface area (Å²) in [5, 5.41) is 3.48. The van der Waals surface area contributed by atoms with Gasteiger partial charge in [-0.2, -0.15) is 0 Å². The summed E-state index contributed by atoms with van der Waals surface area (Å²) in [7, 11) is 3.89. The van der Waals surface area contributed by atoms with Gasteiger partial charge in [-0.25, -0.2) is 0 Å². The summed E-state index contributed by atoms with van der Waals surface area (Å²) in [5.74, 6) is 0.922. The lowest BCUT2D eigenvalue weighted by Gasteiger charge is -2.30. The molecule has 1 aliphatic carbocycles. The molecule has 1 rings (SSSR count). The molecule has 0 aromatic carbocycles. The molecule has 1 aliphatic rings. The first-order chi connectivity index (χ1) is 6.88. The molecular weight excluding hydrogens is 174 g/mol.